The minimum atomic E-state index is -0.298. The molecule has 2 aliphatic rings. The first-order valence-electron chi connectivity index (χ1n) is 12.1. The van der Waals surface area contributed by atoms with E-state index in [0.29, 0.717) is 12.1 Å². The lowest BCUT2D eigenvalue weighted by molar-refractivity contribution is -0.139. The molecule has 3 aromatic rings. The number of nitrogens with two attached hydrogens (primary N) is 1. The number of aromatic nitrogens is 2. The van der Waals surface area contributed by atoms with Crippen molar-refractivity contribution in [2.45, 2.75) is 24.9 Å². The molecule has 0 saturated carbocycles. The van der Waals surface area contributed by atoms with Crippen molar-refractivity contribution in [3.8, 4) is 0 Å². The number of carbonyl (C=O) groups excluding carboxylic acids is 2. The standard InChI is InChI=1S/C26H32N6O2/c1-30-12-14-31(15-13-30)24(18-6-3-2-4-7-18)26(34)32-11-5-8-22(32)25-28-20-10-9-19(23(33)17-27)16-21(20)29-25/h2-4,6-7,9-10,16,22,24H,5,8,11-15,17,27H2,1H3,(H,28,29)/t22-,24+/m0/s1. The number of aromatic amines is 1. The van der Waals surface area contributed by atoms with Crippen LogP contribution in [0.3, 0.4) is 0 Å². The van der Waals surface area contributed by atoms with Crippen molar-refractivity contribution >= 4 is 22.7 Å². The van der Waals surface area contributed by atoms with Gasteiger partial charge in [-0.15, -0.1) is 0 Å². The lowest BCUT2D eigenvalue weighted by atomic mass is 10.0. The Kier molecular flexibility index (Phi) is 6.45. The van der Waals surface area contributed by atoms with Crippen LogP contribution in [0.2, 0.25) is 0 Å². The summed E-state index contributed by atoms with van der Waals surface area (Å²) < 4.78 is 0. The molecule has 2 aromatic carbocycles. The number of nitrogens with zero attached hydrogens (tertiary/aromatic N) is 4. The molecule has 2 aliphatic heterocycles. The monoisotopic (exact) mass is 460 g/mol. The van der Waals surface area contributed by atoms with Gasteiger partial charge in [-0.1, -0.05) is 30.3 Å². The van der Waals surface area contributed by atoms with Gasteiger partial charge in [0.2, 0.25) is 5.91 Å². The number of likely N-dealkylation sites (tertiary alicyclic amines) is 1. The molecule has 2 atom stereocenters. The van der Waals surface area contributed by atoms with E-state index < -0.39 is 0 Å². The molecular weight excluding hydrogens is 428 g/mol. The van der Waals surface area contributed by atoms with Crippen LogP contribution in [0, 0.1) is 0 Å². The molecule has 0 bridgehead atoms. The zero-order valence-corrected chi connectivity index (χ0v) is 19.6. The minimum absolute atomic E-state index is 0.0269. The second-order valence-electron chi connectivity index (χ2n) is 9.32. The van der Waals surface area contributed by atoms with Gasteiger partial charge >= 0.3 is 0 Å². The third-order valence-electron chi connectivity index (χ3n) is 7.11. The summed E-state index contributed by atoms with van der Waals surface area (Å²) >= 11 is 0. The number of imidazole rings is 1. The number of Topliss-reactive ketones (excluding diaryl/α,β-unsaturated/α-hetero) is 1. The number of H-pyrrole nitrogens is 1. The molecule has 3 heterocycles. The van der Waals surface area contributed by atoms with Crippen molar-refractivity contribution in [1.29, 1.82) is 0 Å². The molecule has 1 amide bonds. The molecular formula is C26H32N6O2. The maximum Gasteiger partial charge on any atom is 0.245 e. The van der Waals surface area contributed by atoms with Crippen molar-refractivity contribution in [3.05, 3.63) is 65.5 Å². The summed E-state index contributed by atoms with van der Waals surface area (Å²) in [7, 11) is 2.13. The topological polar surface area (TPSA) is 98.6 Å². The van der Waals surface area contributed by atoms with Gasteiger partial charge in [-0.25, -0.2) is 4.98 Å². The highest BCUT2D eigenvalue weighted by atomic mass is 16.2. The number of ketones is 1. The van der Waals surface area contributed by atoms with Crippen molar-refractivity contribution in [1.82, 2.24) is 24.7 Å². The van der Waals surface area contributed by atoms with Gasteiger partial charge in [0, 0.05) is 38.3 Å². The molecule has 0 aliphatic carbocycles. The number of likely N-dealkylation sites (N-methyl/N-ethyl adjacent to an activating group) is 1. The first-order chi connectivity index (χ1) is 16.5. The van der Waals surface area contributed by atoms with Crippen LogP contribution < -0.4 is 5.73 Å². The highest BCUT2D eigenvalue weighted by molar-refractivity contribution is 6.00. The average molecular weight is 461 g/mol. The third-order valence-corrected chi connectivity index (χ3v) is 7.11. The van der Waals surface area contributed by atoms with Crippen LogP contribution in [0.25, 0.3) is 11.0 Å². The van der Waals surface area contributed by atoms with E-state index in [4.69, 9.17) is 10.7 Å². The zero-order valence-electron chi connectivity index (χ0n) is 19.6. The largest absolute Gasteiger partial charge is 0.340 e. The Morgan fingerprint density at radius 1 is 1.09 bits per heavy atom. The highest BCUT2D eigenvalue weighted by Gasteiger charge is 2.39. The summed E-state index contributed by atoms with van der Waals surface area (Å²) in [6.45, 7) is 4.32. The van der Waals surface area contributed by atoms with Crippen LogP contribution in [0.15, 0.2) is 48.5 Å². The molecule has 1 aromatic heterocycles. The first kappa shape index (κ1) is 22.7. The normalized spacial score (nSPS) is 20.6. The molecule has 0 radical (unpaired) electrons. The zero-order chi connectivity index (χ0) is 23.7. The van der Waals surface area contributed by atoms with Crippen molar-refractivity contribution in [3.63, 3.8) is 0 Å². The summed E-state index contributed by atoms with van der Waals surface area (Å²) in [5, 5.41) is 0. The van der Waals surface area contributed by atoms with E-state index >= 15 is 0 Å². The van der Waals surface area contributed by atoms with E-state index in [1.54, 1.807) is 12.1 Å². The summed E-state index contributed by atoms with van der Waals surface area (Å²) in [4.78, 5) is 40.9. The quantitative estimate of drug-likeness (QED) is 0.548. The van der Waals surface area contributed by atoms with Crippen molar-refractivity contribution < 1.29 is 9.59 Å². The van der Waals surface area contributed by atoms with E-state index in [1.807, 2.05) is 29.2 Å². The number of benzene rings is 2. The first-order valence-corrected chi connectivity index (χ1v) is 12.1. The Labute approximate surface area is 199 Å². The van der Waals surface area contributed by atoms with E-state index in [1.165, 1.54) is 0 Å². The van der Waals surface area contributed by atoms with Gasteiger partial charge in [0.25, 0.3) is 0 Å². The molecule has 8 heteroatoms. The predicted octanol–water partition coefficient (Wildman–Crippen LogP) is 2.36. The van der Waals surface area contributed by atoms with Crippen molar-refractivity contribution in [2.75, 3.05) is 46.3 Å². The average Bonchev–Trinajstić information content (AvgIpc) is 3.52. The van der Waals surface area contributed by atoms with Gasteiger partial charge in [-0.05, 0) is 43.7 Å². The summed E-state index contributed by atoms with van der Waals surface area (Å²) in [6, 6.07) is 15.1. The minimum Gasteiger partial charge on any atom is -0.340 e. The number of hydrogen-bond donors (Lipinski definition) is 2. The van der Waals surface area contributed by atoms with Crippen LogP contribution >= 0.6 is 0 Å². The van der Waals surface area contributed by atoms with Gasteiger partial charge in [0.05, 0.1) is 23.6 Å². The van der Waals surface area contributed by atoms with Gasteiger partial charge in [-0.2, -0.15) is 0 Å². The second-order valence-corrected chi connectivity index (χ2v) is 9.32. The Bertz CT molecular complexity index is 1170. The predicted molar refractivity (Wildman–Crippen MR) is 131 cm³/mol. The summed E-state index contributed by atoms with van der Waals surface area (Å²) in [6.07, 6.45) is 1.80. The fourth-order valence-electron chi connectivity index (χ4n) is 5.17. The highest BCUT2D eigenvalue weighted by Crippen LogP contribution is 2.35. The lowest BCUT2D eigenvalue weighted by Gasteiger charge is -2.39. The third kappa shape index (κ3) is 4.36. The van der Waals surface area contributed by atoms with Crippen molar-refractivity contribution in [2.24, 2.45) is 5.73 Å². The fraction of sp³-hybridized carbons (Fsp3) is 0.423. The molecule has 0 unspecified atom stereocenters. The van der Waals surface area contributed by atoms with E-state index in [2.05, 4.69) is 34.0 Å². The Balaban J connectivity index is 1.44. The molecule has 5 rings (SSSR count). The van der Waals surface area contributed by atoms with Crippen LogP contribution in [-0.4, -0.2) is 82.7 Å². The molecule has 2 fully saturated rings. The summed E-state index contributed by atoms with van der Waals surface area (Å²) in [5.41, 5.74) is 8.71. The van der Waals surface area contributed by atoms with E-state index in [0.717, 1.165) is 61.4 Å². The fourth-order valence-corrected chi connectivity index (χ4v) is 5.17. The van der Waals surface area contributed by atoms with Crippen LogP contribution in [-0.2, 0) is 4.79 Å². The van der Waals surface area contributed by atoms with Crippen LogP contribution in [0.4, 0.5) is 0 Å². The Hall–Kier alpha value is -3.07. The molecule has 8 nitrogen and oxygen atoms in total. The summed E-state index contributed by atoms with van der Waals surface area (Å²) in [5.74, 6) is 0.808. The lowest BCUT2D eigenvalue weighted by Crippen LogP contribution is -2.50. The maximum atomic E-state index is 14.1. The van der Waals surface area contributed by atoms with E-state index in [-0.39, 0.29) is 30.3 Å². The van der Waals surface area contributed by atoms with Gasteiger partial charge in [0.1, 0.15) is 11.9 Å². The van der Waals surface area contributed by atoms with Gasteiger partial charge in [0.15, 0.2) is 5.78 Å². The molecule has 0 spiro atoms. The number of hydrogen-bond acceptors (Lipinski definition) is 6. The molecule has 178 valence electrons. The second kappa shape index (κ2) is 9.66. The van der Waals surface area contributed by atoms with E-state index in [9.17, 15) is 9.59 Å². The maximum absolute atomic E-state index is 14.1. The Morgan fingerprint density at radius 3 is 2.59 bits per heavy atom. The number of nitrogens with one attached hydrogen (secondary N) is 1. The molecule has 34 heavy (non-hydrogen) atoms. The molecule has 3 N–H and O–H groups in total. The smallest absolute Gasteiger partial charge is 0.245 e. The number of amides is 1. The number of rotatable bonds is 6. The van der Waals surface area contributed by atoms with Gasteiger partial charge in [-0.3, -0.25) is 14.5 Å². The number of fused-ring (bicyclic) bond motifs is 1. The number of piperazine rings is 1. The van der Waals surface area contributed by atoms with Crippen LogP contribution in [0.1, 0.15) is 46.7 Å². The van der Waals surface area contributed by atoms with Crippen LogP contribution in [0.5, 0.6) is 0 Å². The molecule has 2 saturated heterocycles. The van der Waals surface area contributed by atoms with Gasteiger partial charge < -0.3 is 20.5 Å². The number of carbonyl (C=O) groups is 2. The Morgan fingerprint density at radius 2 is 1.85 bits per heavy atom. The SMILES string of the molecule is CN1CCN([C@@H](C(=O)N2CCC[C@H]2c2nc3cc(C(=O)CN)ccc3[nH]2)c2ccccc2)CC1.